The number of hydrogen-bond donors (Lipinski definition) is 2. The standard InChI is InChI=1S/C27H26FN7O2/c1-34-11-10-30-27(34)26-32-25(31-17-12-16(13-17)15-36)24-22(20-7-3-4-9-29-20)19(14-35(24)33-26)18-6-5-8-21(37-2)23(18)28/h3-11,14,16-17,36H,12-13,15H2,1-2H3,(H,31,32,33). The van der Waals surface area contributed by atoms with E-state index in [0.29, 0.717) is 45.4 Å². The summed E-state index contributed by atoms with van der Waals surface area (Å²) in [6.07, 6.45) is 8.70. The van der Waals surface area contributed by atoms with Gasteiger partial charge < -0.3 is 19.7 Å². The van der Waals surface area contributed by atoms with Crippen LogP contribution in [0.3, 0.4) is 0 Å². The van der Waals surface area contributed by atoms with Crippen molar-refractivity contribution in [1.29, 1.82) is 0 Å². The average Bonchev–Trinajstić information content (AvgIpc) is 3.50. The Morgan fingerprint density at radius 3 is 2.68 bits per heavy atom. The zero-order valence-electron chi connectivity index (χ0n) is 20.5. The summed E-state index contributed by atoms with van der Waals surface area (Å²) >= 11 is 0. The van der Waals surface area contributed by atoms with Crippen LogP contribution in [0.25, 0.3) is 39.5 Å². The molecule has 0 atom stereocenters. The lowest BCUT2D eigenvalue weighted by Crippen LogP contribution is -2.37. The molecule has 4 heterocycles. The molecule has 0 spiro atoms. The Bertz CT molecular complexity index is 1570. The topological polar surface area (TPSA) is 102 Å². The summed E-state index contributed by atoms with van der Waals surface area (Å²) in [4.78, 5) is 13.9. The van der Waals surface area contributed by atoms with E-state index in [2.05, 4.69) is 15.3 Å². The number of benzene rings is 1. The van der Waals surface area contributed by atoms with Crippen molar-refractivity contribution in [3.63, 3.8) is 0 Å². The quantitative estimate of drug-likeness (QED) is 0.346. The van der Waals surface area contributed by atoms with E-state index >= 15 is 4.39 Å². The first-order valence-electron chi connectivity index (χ1n) is 12.1. The van der Waals surface area contributed by atoms with Gasteiger partial charge in [0.1, 0.15) is 5.52 Å². The molecule has 0 aliphatic heterocycles. The Kier molecular flexibility index (Phi) is 5.80. The lowest BCUT2D eigenvalue weighted by molar-refractivity contribution is 0.151. The predicted molar refractivity (Wildman–Crippen MR) is 138 cm³/mol. The van der Waals surface area contributed by atoms with Gasteiger partial charge >= 0.3 is 0 Å². The second-order valence-electron chi connectivity index (χ2n) is 9.25. The van der Waals surface area contributed by atoms with Crippen molar-refractivity contribution in [1.82, 2.24) is 29.1 Å². The van der Waals surface area contributed by atoms with Crippen LogP contribution in [0.1, 0.15) is 12.8 Å². The summed E-state index contributed by atoms with van der Waals surface area (Å²) in [7, 11) is 3.33. The second-order valence-corrected chi connectivity index (χ2v) is 9.25. The molecule has 0 radical (unpaired) electrons. The lowest BCUT2D eigenvalue weighted by Gasteiger charge is -2.35. The molecule has 1 fully saturated rings. The fourth-order valence-electron chi connectivity index (χ4n) is 4.91. The Morgan fingerprint density at radius 1 is 1.11 bits per heavy atom. The summed E-state index contributed by atoms with van der Waals surface area (Å²) in [5.74, 6) is 1.60. The maximum atomic E-state index is 15.6. The van der Waals surface area contributed by atoms with Gasteiger partial charge in [0.25, 0.3) is 0 Å². The number of imidazole rings is 1. The molecule has 6 rings (SSSR count). The number of anilines is 1. The molecule has 2 N–H and O–H groups in total. The van der Waals surface area contributed by atoms with Crippen molar-refractivity contribution in [3.8, 4) is 39.8 Å². The first-order valence-corrected chi connectivity index (χ1v) is 12.1. The van der Waals surface area contributed by atoms with Crippen LogP contribution in [-0.2, 0) is 7.05 Å². The molecule has 0 bridgehead atoms. The number of aryl methyl sites for hydroxylation is 1. The van der Waals surface area contributed by atoms with Gasteiger partial charge in [-0.05, 0) is 37.0 Å². The van der Waals surface area contributed by atoms with Crippen LogP contribution in [0.2, 0.25) is 0 Å². The number of pyridine rings is 1. The Balaban J connectivity index is 1.63. The molecule has 1 aromatic carbocycles. The van der Waals surface area contributed by atoms with Crippen molar-refractivity contribution >= 4 is 11.3 Å². The minimum absolute atomic E-state index is 0.147. The molecule has 188 valence electrons. The van der Waals surface area contributed by atoms with Gasteiger partial charge in [0.05, 0.1) is 12.8 Å². The highest BCUT2D eigenvalue weighted by Crippen LogP contribution is 2.42. The summed E-state index contributed by atoms with van der Waals surface area (Å²) in [5.41, 5.74) is 3.05. The fraction of sp³-hybridized carbons (Fsp3) is 0.259. The number of rotatable bonds is 7. The van der Waals surface area contributed by atoms with Gasteiger partial charge in [-0.1, -0.05) is 18.2 Å². The van der Waals surface area contributed by atoms with Crippen LogP contribution in [0.15, 0.2) is 61.2 Å². The van der Waals surface area contributed by atoms with Gasteiger partial charge in [-0.2, -0.15) is 0 Å². The van der Waals surface area contributed by atoms with Gasteiger partial charge in [-0.15, -0.1) is 5.10 Å². The van der Waals surface area contributed by atoms with E-state index in [1.54, 1.807) is 41.3 Å². The summed E-state index contributed by atoms with van der Waals surface area (Å²) in [5, 5.41) is 17.8. The predicted octanol–water partition coefficient (Wildman–Crippen LogP) is 4.19. The Labute approximate surface area is 212 Å². The number of aromatic nitrogens is 6. The van der Waals surface area contributed by atoms with E-state index in [4.69, 9.17) is 14.8 Å². The number of ether oxygens (including phenoxy) is 1. The zero-order chi connectivity index (χ0) is 25.5. The van der Waals surface area contributed by atoms with E-state index in [-0.39, 0.29) is 24.3 Å². The number of hydrogen-bond acceptors (Lipinski definition) is 7. The molecule has 1 saturated carbocycles. The van der Waals surface area contributed by atoms with Gasteiger partial charge in [0.2, 0.25) is 5.82 Å². The molecule has 9 nitrogen and oxygen atoms in total. The summed E-state index contributed by atoms with van der Waals surface area (Å²) in [6.45, 7) is 0.166. The maximum Gasteiger partial charge on any atom is 0.218 e. The molecule has 37 heavy (non-hydrogen) atoms. The zero-order valence-corrected chi connectivity index (χ0v) is 20.5. The number of nitrogens with one attached hydrogen (secondary N) is 1. The highest BCUT2D eigenvalue weighted by molar-refractivity contribution is 5.98. The van der Waals surface area contributed by atoms with E-state index in [1.165, 1.54) is 7.11 Å². The largest absolute Gasteiger partial charge is 0.494 e. The molecular formula is C27H26FN7O2. The van der Waals surface area contributed by atoms with E-state index < -0.39 is 5.82 Å². The monoisotopic (exact) mass is 499 g/mol. The van der Waals surface area contributed by atoms with Crippen molar-refractivity contribution in [2.24, 2.45) is 13.0 Å². The fourth-order valence-corrected chi connectivity index (χ4v) is 4.91. The number of nitrogens with zero attached hydrogens (tertiary/aromatic N) is 6. The minimum atomic E-state index is -0.463. The van der Waals surface area contributed by atoms with Crippen LogP contribution >= 0.6 is 0 Å². The first kappa shape index (κ1) is 23.1. The maximum absolute atomic E-state index is 15.6. The lowest BCUT2D eigenvalue weighted by atomic mass is 9.81. The number of halogens is 1. The second kappa shape index (κ2) is 9.29. The van der Waals surface area contributed by atoms with E-state index in [9.17, 15) is 5.11 Å². The third kappa shape index (κ3) is 3.99. The highest BCUT2D eigenvalue weighted by Gasteiger charge is 2.31. The summed E-state index contributed by atoms with van der Waals surface area (Å²) in [6, 6.07) is 10.8. The normalized spacial score (nSPS) is 17.1. The van der Waals surface area contributed by atoms with Gasteiger partial charge in [0.15, 0.2) is 23.2 Å². The van der Waals surface area contributed by atoms with Crippen LogP contribution in [-0.4, -0.2) is 54.0 Å². The van der Waals surface area contributed by atoms with Gasteiger partial charge in [-0.3, -0.25) is 4.98 Å². The van der Waals surface area contributed by atoms with Crippen LogP contribution in [0.5, 0.6) is 5.75 Å². The van der Waals surface area contributed by atoms with Crippen LogP contribution in [0, 0.1) is 11.7 Å². The minimum Gasteiger partial charge on any atom is -0.494 e. The van der Waals surface area contributed by atoms with Gasteiger partial charge in [-0.25, -0.2) is 18.9 Å². The SMILES string of the molecule is COc1cccc(-c2cn3nc(-c4nccn4C)nc(NC4CC(CO)C4)c3c2-c2ccccn2)c1F. The molecule has 4 aromatic heterocycles. The van der Waals surface area contributed by atoms with Crippen molar-refractivity contribution in [2.45, 2.75) is 18.9 Å². The van der Waals surface area contributed by atoms with Gasteiger partial charge in [0, 0.05) is 61.2 Å². The van der Waals surface area contributed by atoms with E-state index in [1.807, 2.05) is 36.0 Å². The van der Waals surface area contributed by atoms with E-state index in [0.717, 1.165) is 12.8 Å². The van der Waals surface area contributed by atoms with Crippen LogP contribution in [0.4, 0.5) is 10.2 Å². The third-order valence-corrected chi connectivity index (χ3v) is 6.88. The smallest absolute Gasteiger partial charge is 0.218 e. The number of aliphatic hydroxyl groups is 1. The number of aliphatic hydroxyl groups excluding tert-OH is 1. The molecule has 1 aliphatic rings. The number of methoxy groups -OCH3 is 1. The molecule has 0 unspecified atom stereocenters. The average molecular weight is 500 g/mol. The molecule has 0 saturated heterocycles. The highest BCUT2D eigenvalue weighted by atomic mass is 19.1. The van der Waals surface area contributed by atoms with Crippen molar-refractivity contribution in [2.75, 3.05) is 19.0 Å². The molecule has 5 aromatic rings. The van der Waals surface area contributed by atoms with Crippen molar-refractivity contribution < 1.29 is 14.2 Å². The Morgan fingerprint density at radius 2 is 1.97 bits per heavy atom. The molecule has 1 aliphatic carbocycles. The first-order chi connectivity index (χ1) is 18.1. The molecule has 10 heteroatoms. The van der Waals surface area contributed by atoms with Crippen molar-refractivity contribution in [3.05, 3.63) is 67.0 Å². The molecule has 0 amide bonds. The third-order valence-electron chi connectivity index (χ3n) is 6.88. The van der Waals surface area contributed by atoms with Crippen LogP contribution < -0.4 is 10.1 Å². The summed E-state index contributed by atoms with van der Waals surface area (Å²) < 4.78 is 24.4. The Hall–Kier alpha value is -4.31. The number of fused-ring (bicyclic) bond motifs is 1. The molecular weight excluding hydrogens is 473 g/mol.